The summed E-state index contributed by atoms with van der Waals surface area (Å²) in [6.45, 7) is 1.55. The van der Waals surface area contributed by atoms with Gasteiger partial charge in [-0.25, -0.2) is 0 Å². The Morgan fingerprint density at radius 3 is 2.94 bits per heavy atom. The van der Waals surface area contributed by atoms with E-state index in [-0.39, 0.29) is 12.0 Å². The van der Waals surface area contributed by atoms with Crippen molar-refractivity contribution in [2.75, 3.05) is 25.1 Å². The predicted molar refractivity (Wildman–Crippen MR) is 75.1 cm³/mol. The van der Waals surface area contributed by atoms with Crippen molar-refractivity contribution < 1.29 is 9.53 Å². The van der Waals surface area contributed by atoms with E-state index in [2.05, 4.69) is 0 Å². The standard InChI is InChI=1S/C14H19NO2S/c1-18-10-8-14(16)15-9-7-13(11-15)17-12-5-3-2-4-6-12/h2-6,13H,7-11H2,1H3. The van der Waals surface area contributed by atoms with Crippen LogP contribution in [0.2, 0.25) is 0 Å². The highest BCUT2D eigenvalue weighted by Crippen LogP contribution is 2.18. The first kappa shape index (κ1) is 13.3. The van der Waals surface area contributed by atoms with E-state index in [9.17, 15) is 4.79 Å². The van der Waals surface area contributed by atoms with E-state index in [1.807, 2.05) is 41.5 Å². The monoisotopic (exact) mass is 265 g/mol. The van der Waals surface area contributed by atoms with Gasteiger partial charge in [0.25, 0.3) is 0 Å². The molecule has 0 radical (unpaired) electrons. The molecule has 2 rings (SSSR count). The Balaban J connectivity index is 1.80. The minimum absolute atomic E-state index is 0.144. The van der Waals surface area contributed by atoms with Crippen molar-refractivity contribution in [3.05, 3.63) is 30.3 Å². The summed E-state index contributed by atoms with van der Waals surface area (Å²) in [5.74, 6) is 2.05. The van der Waals surface area contributed by atoms with Gasteiger partial charge in [-0.3, -0.25) is 4.79 Å². The fraction of sp³-hybridized carbons (Fsp3) is 0.500. The summed E-state index contributed by atoms with van der Waals surface area (Å²) in [7, 11) is 0. The van der Waals surface area contributed by atoms with Crippen molar-refractivity contribution in [1.29, 1.82) is 0 Å². The maximum atomic E-state index is 11.9. The van der Waals surface area contributed by atoms with Crippen molar-refractivity contribution in [2.45, 2.75) is 18.9 Å². The Bertz CT molecular complexity index is 383. The van der Waals surface area contributed by atoms with Gasteiger partial charge < -0.3 is 9.64 Å². The van der Waals surface area contributed by atoms with Gasteiger partial charge in [-0.05, 0) is 18.4 Å². The summed E-state index contributed by atoms with van der Waals surface area (Å²) < 4.78 is 5.86. The number of hydrogen-bond donors (Lipinski definition) is 0. The molecule has 1 aliphatic rings. The summed E-state index contributed by atoms with van der Waals surface area (Å²) in [5.41, 5.74) is 0. The Labute approximate surface area is 113 Å². The van der Waals surface area contributed by atoms with Crippen LogP contribution in [0.3, 0.4) is 0 Å². The second kappa shape index (κ2) is 6.69. The average molecular weight is 265 g/mol. The fourth-order valence-electron chi connectivity index (χ4n) is 2.09. The van der Waals surface area contributed by atoms with Gasteiger partial charge in [0.1, 0.15) is 11.9 Å². The molecule has 1 fully saturated rings. The number of hydrogen-bond acceptors (Lipinski definition) is 3. The Morgan fingerprint density at radius 1 is 1.44 bits per heavy atom. The highest BCUT2D eigenvalue weighted by Gasteiger charge is 2.26. The lowest BCUT2D eigenvalue weighted by Crippen LogP contribution is -2.31. The van der Waals surface area contributed by atoms with Gasteiger partial charge in [0.2, 0.25) is 5.91 Å². The van der Waals surface area contributed by atoms with Gasteiger partial charge in [0.05, 0.1) is 6.54 Å². The lowest BCUT2D eigenvalue weighted by atomic mass is 10.3. The second-order valence-electron chi connectivity index (χ2n) is 4.42. The van der Waals surface area contributed by atoms with Crippen molar-refractivity contribution in [3.8, 4) is 5.75 Å². The molecule has 18 heavy (non-hydrogen) atoms. The van der Waals surface area contributed by atoms with Gasteiger partial charge in [0, 0.05) is 25.1 Å². The third kappa shape index (κ3) is 3.67. The Morgan fingerprint density at radius 2 is 2.22 bits per heavy atom. The molecule has 0 saturated carbocycles. The molecule has 0 spiro atoms. The van der Waals surface area contributed by atoms with Crippen LogP contribution >= 0.6 is 11.8 Å². The molecular weight excluding hydrogens is 246 g/mol. The minimum Gasteiger partial charge on any atom is -0.489 e. The van der Waals surface area contributed by atoms with Gasteiger partial charge in [-0.15, -0.1) is 0 Å². The molecule has 0 aliphatic carbocycles. The van der Waals surface area contributed by atoms with Crippen LogP contribution in [0.25, 0.3) is 0 Å². The van der Waals surface area contributed by atoms with Crippen LogP contribution in [0.1, 0.15) is 12.8 Å². The van der Waals surface area contributed by atoms with Crippen molar-refractivity contribution >= 4 is 17.7 Å². The SMILES string of the molecule is CSCCC(=O)N1CCC(Oc2ccccc2)C1. The zero-order chi connectivity index (χ0) is 12.8. The Kier molecular flexibility index (Phi) is 4.93. The molecule has 4 heteroatoms. The molecule has 98 valence electrons. The quantitative estimate of drug-likeness (QED) is 0.819. The molecule has 0 aromatic heterocycles. The van der Waals surface area contributed by atoms with Crippen LogP contribution in [0.5, 0.6) is 5.75 Å². The molecule has 1 amide bonds. The van der Waals surface area contributed by atoms with Gasteiger partial charge >= 0.3 is 0 Å². The van der Waals surface area contributed by atoms with E-state index in [1.165, 1.54) is 0 Å². The van der Waals surface area contributed by atoms with E-state index in [4.69, 9.17) is 4.74 Å². The van der Waals surface area contributed by atoms with E-state index >= 15 is 0 Å². The van der Waals surface area contributed by atoms with E-state index in [0.717, 1.165) is 31.0 Å². The number of carbonyl (C=O) groups excluding carboxylic acids is 1. The number of likely N-dealkylation sites (tertiary alicyclic amines) is 1. The van der Waals surface area contributed by atoms with Crippen LogP contribution in [-0.4, -0.2) is 42.0 Å². The first-order valence-corrected chi connectivity index (χ1v) is 7.67. The summed E-state index contributed by atoms with van der Waals surface area (Å²) in [4.78, 5) is 13.8. The normalized spacial score (nSPS) is 18.9. The van der Waals surface area contributed by atoms with Crippen molar-refractivity contribution in [1.82, 2.24) is 4.90 Å². The van der Waals surface area contributed by atoms with Crippen molar-refractivity contribution in [3.63, 3.8) is 0 Å². The maximum absolute atomic E-state index is 11.9. The van der Waals surface area contributed by atoms with Crippen LogP contribution in [0.15, 0.2) is 30.3 Å². The van der Waals surface area contributed by atoms with Crippen molar-refractivity contribution in [2.24, 2.45) is 0 Å². The average Bonchev–Trinajstić information content (AvgIpc) is 2.86. The zero-order valence-electron chi connectivity index (χ0n) is 10.7. The molecule has 1 aromatic rings. The number of benzene rings is 1. The Hall–Kier alpha value is -1.16. The number of para-hydroxylation sites is 1. The number of carbonyl (C=O) groups is 1. The van der Waals surface area contributed by atoms with Gasteiger partial charge in [0.15, 0.2) is 0 Å². The van der Waals surface area contributed by atoms with E-state index in [0.29, 0.717) is 6.42 Å². The molecule has 1 atom stereocenters. The molecular formula is C14H19NO2S. The summed E-state index contributed by atoms with van der Waals surface area (Å²) in [5, 5.41) is 0. The third-order valence-electron chi connectivity index (χ3n) is 3.06. The van der Waals surface area contributed by atoms with Crippen LogP contribution in [0.4, 0.5) is 0 Å². The van der Waals surface area contributed by atoms with E-state index < -0.39 is 0 Å². The topological polar surface area (TPSA) is 29.5 Å². The molecule has 1 saturated heterocycles. The first-order chi connectivity index (χ1) is 8.79. The number of ether oxygens (including phenoxy) is 1. The number of rotatable bonds is 5. The van der Waals surface area contributed by atoms with Gasteiger partial charge in [-0.1, -0.05) is 18.2 Å². The molecule has 0 bridgehead atoms. The summed E-state index contributed by atoms with van der Waals surface area (Å²) >= 11 is 1.71. The van der Waals surface area contributed by atoms with Gasteiger partial charge in [-0.2, -0.15) is 11.8 Å². The smallest absolute Gasteiger partial charge is 0.223 e. The lowest BCUT2D eigenvalue weighted by molar-refractivity contribution is -0.129. The zero-order valence-corrected chi connectivity index (χ0v) is 11.5. The minimum atomic E-state index is 0.144. The molecule has 3 nitrogen and oxygen atoms in total. The number of amides is 1. The largest absolute Gasteiger partial charge is 0.489 e. The molecule has 0 N–H and O–H groups in total. The molecule has 1 heterocycles. The highest BCUT2D eigenvalue weighted by molar-refractivity contribution is 7.98. The molecule has 1 aromatic carbocycles. The second-order valence-corrected chi connectivity index (χ2v) is 5.41. The first-order valence-electron chi connectivity index (χ1n) is 6.28. The molecule has 1 unspecified atom stereocenters. The molecule has 1 aliphatic heterocycles. The summed E-state index contributed by atoms with van der Waals surface area (Å²) in [6.07, 6.45) is 3.74. The van der Waals surface area contributed by atoms with E-state index in [1.54, 1.807) is 11.8 Å². The highest BCUT2D eigenvalue weighted by atomic mass is 32.2. The van der Waals surface area contributed by atoms with Crippen LogP contribution in [-0.2, 0) is 4.79 Å². The third-order valence-corrected chi connectivity index (χ3v) is 3.68. The maximum Gasteiger partial charge on any atom is 0.223 e. The number of nitrogens with zero attached hydrogens (tertiary/aromatic N) is 1. The lowest BCUT2D eigenvalue weighted by Gasteiger charge is -2.17. The summed E-state index contributed by atoms with van der Waals surface area (Å²) in [6, 6.07) is 9.81. The number of thioether (sulfide) groups is 1. The predicted octanol–water partition coefficient (Wildman–Crippen LogP) is 2.42. The van der Waals surface area contributed by atoms with Crippen LogP contribution in [0, 0.1) is 0 Å². The fourth-order valence-corrected chi connectivity index (χ4v) is 2.47. The van der Waals surface area contributed by atoms with Crippen LogP contribution < -0.4 is 4.74 Å².